The number of hydrogen-bond acceptors (Lipinski definition) is 3. The van der Waals surface area contributed by atoms with E-state index in [-0.39, 0.29) is 0 Å². The number of nitrogens with zero attached hydrogens (tertiary/aromatic N) is 3. The lowest BCUT2D eigenvalue weighted by atomic mass is 10.2. The van der Waals surface area contributed by atoms with Crippen molar-refractivity contribution >= 4 is 5.52 Å². The Morgan fingerprint density at radius 3 is 3.07 bits per heavy atom. The third-order valence-electron chi connectivity index (χ3n) is 3.04. The average molecular weight is 202 g/mol. The van der Waals surface area contributed by atoms with E-state index in [0.29, 0.717) is 6.04 Å². The predicted molar refractivity (Wildman–Crippen MR) is 57.7 cm³/mol. The molecule has 2 aromatic rings. The molecule has 1 aliphatic rings. The van der Waals surface area contributed by atoms with Gasteiger partial charge < -0.3 is 9.72 Å². The number of rotatable bonds is 1. The van der Waals surface area contributed by atoms with Gasteiger partial charge in [-0.1, -0.05) is 0 Å². The minimum absolute atomic E-state index is 0.427. The summed E-state index contributed by atoms with van der Waals surface area (Å²) in [7, 11) is 0. The summed E-state index contributed by atoms with van der Waals surface area (Å²) < 4.78 is 2.10. The van der Waals surface area contributed by atoms with Crippen LogP contribution in [0, 0.1) is 6.92 Å². The maximum absolute atomic E-state index is 4.48. The van der Waals surface area contributed by atoms with E-state index in [1.54, 1.807) is 0 Å². The van der Waals surface area contributed by atoms with Gasteiger partial charge in [-0.2, -0.15) is 0 Å². The summed E-state index contributed by atoms with van der Waals surface area (Å²) in [6.45, 7) is 3.12. The Morgan fingerprint density at radius 2 is 2.27 bits per heavy atom. The second-order valence-electron chi connectivity index (χ2n) is 4.06. The second kappa shape index (κ2) is 3.31. The molecule has 1 atom stereocenters. The molecule has 0 radical (unpaired) electrons. The van der Waals surface area contributed by atoms with Gasteiger partial charge >= 0.3 is 0 Å². The Morgan fingerprint density at radius 1 is 1.40 bits per heavy atom. The molecule has 4 nitrogen and oxygen atoms in total. The number of hydrogen-bond donors (Lipinski definition) is 1. The summed E-state index contributed by atoms with van der Waals surface area (Å²) in [5.74, 6) is 1.02. The van der Waals surface area contributed by atoms with Crippen molar-refractivity contribution < 1.29 is 0 Å². The lowest BCUT2D eigenvalue weighted by Crippen LogP contribution is -2.14. The van der Waals surface area contributed by atoms with Crippen molar-refractivity contribution in [2.75, 3.05) is 6.54 Å². The maximum Gasteiger partial charge on any atom is 0.110 e. The monoisotopic (exact) mass is 202 g/mol. The van der Waals surface area contributed by atoms with E-state index in [0.717, 1.165) is 23.6 Å². The third-order valence-corrected chi connectivity index (χ3v) is 3.04. The summed E-state index contributed by atoms with van der Waals surface area (Å²) in [5.41, 5.74) is 2.19. The Labute approximate surface area is 88.4 Å². The van der Waals surface area contributed by atoms with Crippen molar-refractivity contribution in [2.45, 2.75) is 25.8 Å². The molecular formula is C11H14N4. The topological polar surface area (TPSA) is 42.2 Å². The summed E-state index contributed by atoms with van der Waals surface area (Å²) in [5, 5.41) is 3.45. The predicted octanol–water partition coefficient (Wildman–Crippen LogP) is 1.46. The van der Waals surface area contributed by atoms with E-state index in [9.17, 15) is 0 Å². The molecule has 4 heteroatoms. The molecule has 0 saturated carbocycles. The zero-order valence-electron chi connectivity index (χ0n) is 8.77. The molecule has 0 spiro atoms. The van der Waals surface area contributed by atoms with Crippen molar-refractivity contribution in [2.24, 2.45) is 0 Å². The van der Waals surface area contributed by atoms with Gasteiger partial charge in [-0.3, -0.25) is 4.98 Å². The highest BCUT2D eigenvalue weighted by Gasteiger charge is 2.17. The van der Waals surface area contributed by atoms with Crippen LogP contribution in [-0.4, -0.2) is 20.9 Å². The number of aryl methyl sites for hydroxylation is 1. The number of nitrogens with one attached hydrogen (secondary N) is 1. The van der Waals surface area contributed by atoms with Gasteiger partial charge in [-0.15, -0.1) is 0 Å². The van der Waals surface area contributed by atoms with Crippen LogP contribution >= 0.6 is 0 Å². The highest BCUT2D eigenvalue weighted by Crippen LogP contribution is 2.21. The van der Waals surface area contributed by atoms with E-state index in [1.807, 2.05) is 19.3 Å². The van der Waals surface area contributed by atoms with Crippen LogP contribution in [0.5, 0.6) is 0 Å². The van der Waals surface area contributed by atoms with Crippen molar-refractivity contribution in [1.29, 1.82) is 0 Å². The Hall–Kier alpha value is -1.42. The van der Waals surface area contributed by atoms with Gasteiger partial charge in [0.2, 0.25) is 0 Å². The van der Waals surface area contributed by atoms with Crippen molar-refractivity contribution in [3.63, 3.8) is 0 Å². The zero-order valence-corrected chi connectivity index (χ0v) is 8.77. The molecule has 0 amide bonds. The molecule has 1 unspecified atom stereocenters. The fourth-order valence-corrected chi connectivity index (χ4v) is 2.16. The normalized spacial score (nSPS) is 21.3. The van der Waals surface area contributed by atoms with E-state index in [1.165, 1.54) is 12.8 Å². The van der Waals surface area contributed by atoms with E-state index >= 15 is 0 Å². The lowest BCUT2D eigenvalue weighted by molar-refractivity contribution is 0.623. The molecule has 1 aliphatic heterocycles. The summed E-state index contributed by atoms with van der Waals surface area (Å²) in [6, 6.07) is 0.427. The molecule has 1 saturated heterocycles. The lowest BCUT2D eigenvalue weighted by Gasteiger charge is -2.09. The third kappa shape index (κ3) is 1.41. The van der Waals surface area contributed by atoms with Gasteiger partial charge in [0.25, 0.3) is 0 Å². The molecular weight excluding hydrogens is 188 g/mol. The molecule has 1 N–H and O–H groups in total. The van der Waals surface area contributed by atoms with Crippen LogP contribution in [-0.2, 0) is 0 Å². The van der Waals surface area contributed by atoms with Crippen LogP contribution in [0.25, 0.3) is 5.52 Å². The summed E-state index contributed by atoms with van der Waals surface area (Å²) in [6.07, 6.45) is 8.28. The van der Waals surface area contributed by atoms with Gasteiger partial charge in [-0.05, 0) is 26.3 Å². The van der Waals surface area contributed by atoms with Gasteiger partial charge in [-0.25, -0.2) is 4.98 Å². The fraction of sp³-hybridized carbons (Fsp3) is 0.455. The minimum atomic E-state index is 0.427. The van der Waals surface area contributed by atoms with Crippen LogP contribution in [0.15, 0.2) is 18.6 Å². The highest BCUT2D eigenvalue weighted by molar-refractivity contribution is 5.43. The van der Waals surface area contributed by atoms with Crippen LogP contribution in [0.3, 0.4) is 0 Å². The van der Waals surface area contributed by atoms with Crippen molar-refractivity contribution in [3.8, 4) is 0 Å². The van der Waals surface area contributed by atoms with Gasteiger partial charge in [0.1, 0.15) is 5.82 Å². The SMILES string of the molecule is Cc1ncc2cnc(C3CCCN3)cn12. The molecule has 0 bridgehead atoms. The van der Waals surface area contributed by atoms with Crippen molar-refractivity contribution in [1.82, 2.24) is 19.7 Å². The quantitative estimate of drug-likeness (QED) is 0.761. The molecule has 1 fully saturated rings. The van der Waals surface area contributed by atoms with Crippen LogP contribution in [0.1, 0.15) is 30.4 Å². The second-order valence-corrected chi connectivity index (χ2v) is 4.06. The van der Waals surface area contributed by atoms with Crippen LogP contribution in [0.4, 0.5) is 0 Å². The van der Waals surface area contributed by atoms with E-state index in [2.05, 4.69) is 25.9 Å². The van der Waals surface area contributed by atoms with Gasteiger partial charge in [0.05, 0.1) is 29.6 Å². The van der Waals surface area contributed by atoms with Crippen molar-refractivity contribution in [3.05, 3.63) is 30.1 Å². The van der Waals surface area contributed by atoms with E-state index in [4.69, 9.17) is 0 Å². The van der Waals surface area contributed by atoms with Gasteiger partial charge in [0, 0.05) is 6.20 Å². The molecule has 3 rings (SSSR count). The molecule has 0 aromatic carbocycles. The van der Waals surface area contributed by atoms with Crippen LogP contribution < -0.4 is 5.32 Å². The molecule has 78 valence electrons. The first-order valence-electron chi connectivity index (χ1n) is 5.37. The molecule has 3 heterocycles. The summed E-state index contributed by atoms with van der Waals surface area (Å²) in [4.78, 5) is 8.74. The van der Waals surface area contributed by atoms with E-state index < -0.39 is 0 Å². The maximum atomic E-state index is 4.48. The molecule has 0 aliphatic carbocycles. The minimum Gasteiger partial charge on any atom is -0.309 e. The number of aromatic nitrogens is 3. The number of fused-ring (bicyclic) bond motifs is 1. The Bertz CT molecular complexity index is 482. The van der Waals surface area contributed by atoms with Gasteiger partial charge in [0.15, 0.2) is 0 Å². The highest BCUT2D eigenvalue weighted by atomic mass is 15.0. The average Bonchev–Trinajstić information content (AvgIpc) is 2.88. The number of imidazole rings is 1. The first kappa shape index (κ1) is 8.85. The summed E-state index contributed by atoms with van der Waals surface area (Å²) >= 11 is 0. The molecule has 15 heavy (non-hydrogen) atoms. The standard InChI is InChI=1S/C11H14N4/c1-8-13-5-9-6-14-11(7-15(8)9)10-3-2-4-12-10/h5-7,10,12H,2-4H2,1H3. The fourth-order valence-electron chi connectivity index (χ4n) is 2.16. The Balaban J connectivity index is 2.08. The smallest absolute Gasteiger partial charge is 0.110 e. The zero-order chi connectivity index (χ0) is 10.3. The van der Waals surface area contributed by atoms with Crippen LogP contribution in [0.2, 0.25) is 0 Å². The largest absolute Gasteiger partial charge is 0.309 e. The first-order chi connectivity index (χ1) is 7.34. The molecule has 2 aromatic heterocycles. The Kier molecular flexibility index (Phi) is 1.95. The first-order valence-corrected chi connectivity index (χ1v) is 5.37.